The second kappa shape index (κ2) is 4.76. The van der Waals surface area contributed by atoms with Crippen LogP contribution in [-0.4, -0.2) is 4.98 Å². The van der Waals surface area contributed by atoms with Gasteiger partial charge < -0.3 is 4.98 Å². The van der Waals surface area contributed by atoms with Crippen molar-refractivity contribution in [3.05, 3.63) is 50.2 Å². The van der Waals surface area contributed by atoms with E-state index < -0.39 is 0 Å². The third-order valence-corrected chi connectivity index (χ3v) is 3.23. The molecule has 0 fully saturated rings. The topological polar surface area (TPSA) is 39.6 Å². The van der Waals surface area contributed by atoms with Crippen molar-refractivity contribution in [2.24, 2.45) is 0 Å². The first-order valence-electron chi connectivity index (χ1n) is 4.60. The molecule has 2 aromatic rings. The van der Waals surface area contributed by atoms with Gasteiger partial charge in [-0.1, -0.05) is 24.4 Å². The molecule has 1 N–H and O–H groups in total. The first-order chi connectivity index (χ1) is 7.70. The van der Waals surface area contributed by atoms with Crippen molar-refractivity contribution in [1.29, 1.82) is 5.26 Å². The van der Waals surface area contributed by atoms with E-state index in [0.29, 0.717) is 10.2 Å². The summed E-state index contributed by atoms with van der Waals surface area (Å²) in [5, 5.41) is 8.78. The molecule has 0 spiro atoms. The van der Waals surface area contributed by atoms with Gasteiger partial charge in [-0.25, -0.2) is 0 Å². The SMILES string of the molecule is N#Cc1ccc(-c2ccc(I)cc2)[nH]c1=S. The van der Waals surface area contributed by atoms with Gasteiger partial charge in [0.2, 0.25) is 0 Å². The van der Waals surface area contributed by atoms with E-state index in [4.69, 9.17) is 17.5 Å². The van der Waals surface area contributed by atoms with Crippen LogP contribution in [-0.2, 0) is 0 Å². The zero-order valence-corrected chi connectivity index (χ0v) is 11.2. The van der Waals surface area contributed by atoms with Gasteiger partial charge in [0, 0.05) is 9.26 Å². The molecule has 16 heavy (non-hydrogen) atoms. The summed E-state index contributed by atoms with van der Waals surface area (Å²) in [6.45, 7) is 0. The number of hydrogen-bond donors (Lipinski definition) is 1. The molecule has 4 heteroatoms. The van der Waals surface area contributed by atoms with E-state index in [1.54, 1.807) is 6.07 Å². The van der Waals surface area contributed by atoms with Crippen LogP contribution in [0.2, 0.25) is 0 Å². The quantitative estimate of drug-likeness (QED) is 0.633. The van der Waals surface area contributed by atoms with E-state index in [1.807, 2.05) is 36.4 Å². The van der Waals surface area contributed by atoms with Gasteiger partial charge in [-0.2, -0.15) is 5.26 Å². The molecular formula is C12H7IN2S. The first-order valence-corrected chi connectivity index (χ1v) is 6.09. The molecule has 0 atom stereocenters. The summed E-state index contributed by atoms with van der Waals surface area (Å²) in [5.41, 5.74) is 2.50. The molecule has 0 radical (unpaired) electrons. The Morgan fingerprint density at radius 3 is 2.38 bits per heavy atom. The van der Waals surface area contributed by atoms with E-state index in [2.05, 4.69) is 27.6 Å². The fourth-order valence-electron chi connectivity index (χ4n) is 1.36. The Bertz CT molecular complexity index is 608. The number of aromatic nitrogens is 1. The average molecular weight is 338 g/mol. The molecule has 0 saturated heterocycles. The highest BCUT2D eigenvalue weighted by Gasteiger charge is 2.00. The number of hydrogen-bond acceptors (Lipinski definition) is 2. The maximum absolute atomic E-state index is 8.78. The molecule has 0 bridgehead atoms. The van der Waals surface area contributed by atoms with Crippen molar-refractivity contribution in [2.45, 2.75) is 0 Å². The lowest BCUT2D eigenvalue weighted by Gasteiger charge is -2.02. The fraction of sp³-hybridized carbons (Fsp3) is 0. The monoisotopic (exact) mass is 338 g/mol. The fourth-order valence-corrected chi connectivity index (χ4v) is 1.94. The van der Waals surface area contributed by atoms with E-state index in [0.717, 1.165) is 11.3 Å². The summed E-state index contributed by atoms with van der Waals surface area (Å²) in [6, 6.07) is 13.8. The number of rotatable bonds is 1. The highest BCUT2D eigenvalue weighted by Crippen LogP contribution is 2.18. The smallest absolute Gasteiger partial charge is 0.121 e. The van der Waals surface area contributed by atoms with Crippen molar-refractivity contribution >= 4 is 34.8 Å². The maximum Gasteiger partial charge on any atom is 0.121 e. The largest absolute Gasteiger partial charge is 0.345 e. The molecule has 78 valence electrons. The zero-order valence-electron chi connectivity index (χ0n) is 8.20. The minimum atomic E-state index is 0.485. The van der Waals surface area contributed by atoms with Gasteiger partial charge in [-0.3, -0.25) is 0 Å². The van der Waals surface area contributed by atoms with Gasteiger partial charge in [0.1, 0.15) is 10.7 Å². The predicted molar refractivity (Wildman–Crippen MR) is 74.5 cm³/mol. The molecule has 2 nitrogen and oxygen atoms in total. The van der Waals surface area contributed by atoms with E-state index in [9.17, 15) is 0 Å². The summed E-state index contributed by atoms with van der Waals surface area (Å²) in [7, 11) is 0. The summed E-state index contributed by atoms with van der Waals surface area (Å²) < 4.78 is 1.67. The number of pyridine rings is 1. The highest BCUT2D eigenvalue weighted by molar-refractivity contribution is 14.1. The molecule has 1 aromatic heterocycles. The minimum Gasteiger partial charge on any atom is -0.345 e. The molecule has 0 aliphatic heterocycles. The Morgan fingerprint density at radius 1 is 1.12 bits per heavy atom. The van der Waals surface area contributed by atoms with Crippen molar-refractivity contribution in [3.8, 4) is 17.3 Å². The Hall–Kier alpha value is -1.19. The van der Waals surface area contributed by atoms with Crippen LogP contribution in [0.4, 0.5) is 0 Å². The third-order valence-electron chi connectivity index (χ3n) is 2.19. The normalized spacial score (nSPS) is 9.75. The summed E-state index contributed by atoms with van der Waals surface area (Å²) >= 11 is 7.34. The number of benzene rings is 1. The highest BCUT2D eigenvalue weighted by atomic mass is 127. The van der Waals surface area contributed by atoms with Gasteiger partial charge >= 0.3 is 0 Å². The number of H-pyrrole nitrogens is 1. The van der Waals surface area contributed by atoms with Crippen LogP contribution in [0.3, 0.4) is 0 Å². The van der Waals surface area contributed by atoms with Crippen LogP contribution in [0.5, 0.6) is 0 Å². The molecule has 2 rings (SSSR count). The Labute approximate surface area is 112 Å². The van der Waals surface area contributed by atoms with Gasteiger partial charge in [-0.15, -0.1) is 0 Å². The third kappa shape index (κ3) is 2.31. The van der Waals surface area contributed by atoms with Gasteiger partial charge in [0.25, 0.3) is 0 Å². The lowest BCUT2D eigenvalue weighted by atomic mass is 10.1. The second-order valence-corrected chi connectivity index (χ2v) is 4.89. The van der Waals surface area contributed by atoms with Gasteiger partial charge in [0.15, 0.2) is 0 Å². The van der Waals surface area contributed by atoms with Gasteiger partial charge in [0.05, 0.1) is 5.56 Å². The standard InChI is InChI=1S/C12H7IN2S/c13-10-4-1-8(2-5-10)11-6-3-9(7-14)12(16)15-11/h1-6H,(H,15,16). The summed E-state index contributed by atoms with van der Waals surface area (Å²) in [5.74, 6) is 0. The van der Waals surface area contributed by atoms with E-state index in [1.165, 1.54) is 3.57 Å². The van der Waals surface area contributed by atoms with Crippen molar-refractivity contribution in [3.63, 3.8) is 0 Å². The van der Waals surface area contributed by atoms with Crippen LogP contribution >= 0.6 is 34.8 Å². The lowest BCUT2D eigenvalue weighted by Crippen LogP contribution is -1.87. The maximum atomic E-state index is 8.78. The molecule has 0 aliphatic rings. The number of halogens is 1. The van der Waals surface area contributed by atoms with Crippen LogP contribution in [0.25, 0.3) is 11.3 Å². The molecule has 1 heterocycles. The Balaban J connectivity index is 2.50. The van der Waals surface area contributed by atoms with Gasteiger partial charge in [-0.05, 0) is 52.4 Å². The minimum absolute atomic E-state index is 0.485. The average Bonchev–Trinajstić information content (AvgIpc) is 2.30. The first kappa shape index (κ1) is 11.3. The Morgan fingerprint density at radius 2 is 1.81 bits per heavy atom. The molecule has 0 saturated carbocycles. The summed E-state index contributed by atoms with van der Waals surface area (Å²) in [6.07, 6.45) is 0. The second-order valence-electron chi connectivity index (χ2n) is 3.23. The zero-order chi connectivity index (χ0) is 11.5. The molecule has 0 amide bonds. The number of nitrogens with one attached hydrogen (secondary N) is 1. The molecule has 0 aliphatic carbocycles. The Kier molecular flexibility index (Phi) is 3.36. The lowest BCUT2D eigenvalue weighted by molar-refractivity contribution is 1.27. The van der Waals surface area contributed by atoms with Crippen molar-refractivity contribution in [1.82, 2.24) is 4.98 Å². The predicted octanol–water partition coefficient (Wildman–Crippen LogP) is 3.89. The number of nitriles is 1. The van der Waals surface area contributed by atoms with E-state index >= 15 is 0 Å². The van der Waals surface area contributed by atoms with Crippen LogP contribution in [0.15, 0.2) is 36.4 Å². The number of nitrogens with zero attached hydrogens (tertiary/aromatic N) is 1. The summed E-state index contributed by atoms with van der Waals surface area (Å²) in [4.78, 5) is 3.05. The van der Waals surface area contributed by atoms with Crippen LogP contribution in [0.1, 0.15) is 5.56 Å². The molecule has 1 aromatic carbocycles. The van der Waals surface area contributed by atoms with Crippen LogP contribution < -0.4 is 0 Å². The molecule has 0 unspecified atom stereocenters. The molecular weight excluding hydrogens is 331 g/mol. The van der Waals surface area contributed by atoms with Crippen LogP contribution in [0, 0.1) is 19.5 Å². The van der Waals surface area contributed by atoms with Crippen molar-refractivity contribution in [2.75, 3.05) is 0 Å². The van der Waals surface area contributed by atoms with Crippen molar-refractivity contribution < 1.29 is 0 Å². The van der Waals surface area contributed by atoms with E-state index in [-0.39, 0.29) is 0 Å². The number of aromatic amines is 1.